The number of guanidine groups is 1. The van der Waals surface area contributed by atoms with E-state index >= 15 is 0 Å². The molecule has 2 N–H and O–H groups in total. The van der Waals surface area contributed by atoms with E-state index in [2.05, 4.69) is 53.7 Å². The lowest BCUT2D eigenvalue weighted by molar-refractivity contribution is 0.639. The van der Waals surface area contributed by atoms with Crippen LogP contribution in [0, 0.1) is 5.92 Å². The molecule has 104 valence electrons. The fourth-order valence-corrected chi connectivity index (χ4v) is 2.49. The molecule has 1 aliphatic carbocycles. The largest absolute Gasteiger partial charge is 0.353 e. The Hall–Kier alpha value is -1.51. The lowest BCUT2D eigenvalue weighted by Gasteiger charge is -2.18. The molecule has 0 amide bonds. The molecule has 3 nitrogen and oxygen atoms in total. The number of aliphatic imine (C=N–C) groups is 1. The summed E-state index contributed by atoms with van der Waals surface area (Å²) in [4.78, 5) is 4.32. The van der Waals surface area contributed by atoms with Gasteiger partial charge in [0.15, 0.2) is 5.96 Å². The van der Waals surface area contributed by atoms with Crippen LogP contribution in [0.4, 0.5) is 0 Å². The molecule has 0 radical (unpaired) electrons. The van der Waals surface area contributed by atoms with Crippen LogP contribution in [0.25, 0.3) is 0 Å². The topological polar surface area (TPSA) is 36.4 Å². The van der Waals surface area contributed by atoms with Gasteiger partial charge in [0, 0.05) is 13.1 Å². The summed E-state index contributed by atoms with van der Waals surface area (Å²) in [5, 5.41) is 6.97. The van der Waals surface area contributed by atoms with Crippen LogP contribution in [0.2, 0.25) is 0 Å². The van der Waals surface area contributed by atoms with Gasteiger partial charge in [-0.05, 0) is 31.2 Å². The van der Waals surface area contributed by atoms with E-state index in [1.54, 1.807) is 0 Å². The van der Waals surface area contributed by atoms with E-state index in [1.807, 2.05) is 13.1 Å². The van der Waals surface area contributed by atoms with Crippen LogP contribution in [-0.4, -0.2) is 19.0 Å². The van der Waals surface area contributed by atoms with Crippen molar-refractivity contribution < 1.29 is 0 Å². The quantitative estimate of drug-likeness (QED) is 0.629. The first-order valence-corrected chi connectivity index (χ1v) is 7.29. The predicted octanol–water partition coefficient (Wildman–Crippen LogP) is 3.10. The van der Waals surface area contributed by atoms with Crippen LogP contribution in [0.5, 0.6) is 0 Å². The average Bonchev–Trinajstić information content (AvgIpc) is 3.17. The van der Waals surface area contributed by atoms with Gasteiger partial charge in [-0.15, -0.1) is 0 Å². The standard InChI is InChI=1S/C16H25N3/c1-4-8-14-11-15(14)19-16(17-3)18-12(2)13-9-6-5-7-10-13/h5-7,9-10,12,14-15H,4,8,11H2,1-3H3,(H2,17,18,19). The van der Waals surface area contributed by atoms with Crippen LogP contribution in [0.15, 0.2) is 35.3 Å². The van der Waals surface area contributed by atoms with Crippen LogP contribution in [0.1, 0.15) is 44.7 Å². The van der Waals surface area contributed by atoms with Crippen LogP contribution in [0.3, 0.4) is 0 Å². The molecule has 1 aliphatic rings. The number of nitrogens with one attached hydrogen (secondary N) is 2. The normalized spacial score (nSPS) is 23.8. The highest BCUT2D eigenvalue weighted by Gasteiger charge is 2.36. The molecule has 2 rings (SSSR count). The molecule has 19 heavy (non-hydrogen) atoms. The van der Waals surface area contributed by atoms with E-state index in [9.17, 15) is 0 Å². The molecule has 0 aliphatic heterocycles. The van der Waals surface area contributed by atoms with Gasteiger partial charge in [0.25, 0.3) is 0 Å². The summed E-state index contributed by atoms with van der Waals surface area (Å²) in [6.45, 7) is 4.42. The van der Waals surface area contributed by atoms with E-state index in [1.165, 1.54) is 24.8 Å². The number of hydrogen-bond donors (Lipinski definition) is 2. The number of rotatable bonds is 5. The maximum Gasteiger partial charge on any atom is 0.191 e. The molecule has 3 heteroatoms. The Morgan fingerprint density at radius 2 is 2.11 bits per heavy atom. The van der Waals surface area contributed by atoms with Crippen molar-refractivity contribution in [2.24, 2.45) is 10.9 Å². The van der Waals surface area contributed by atoms with Gasteiger partial charge >= 0.3 is 0 Å². The fourth-order valence-electron chi connectivity index (χ4n) is 2.49. The molecule has 1 saturated carbocycles. The first-order chi connectivity index (χ1) is 9.24. The summed E-state index contributed by atoms with van der Waals surface area (Å²) in [5.74, 6) is 1.76. The molecule has 0 spiro atoms. The summed E-state index contributed by atoms with van der Waals surface area (Å²) in [7, 11) is 1.84. The highest BCUT2D eigenvalue weighted by molar-refractivity contribution is 5.80. The Morgan fingerprint density at radius 3 is 2.74 bits per heavy atom. The van der Waals surface area contributed by atoms with Crippen LogP contribution >= 0.6 is 0 Å². The van der Waals surface area contributed by atoms with Gasteiger partial charge in [-0.25, -0.2) is 0 Å². The smallest absolute Gasteiger partial charge is 0.191 e. The number of nitrogens with zero attached hydrogens (tertiary/aromatic N) is 1. The monoisotopic (exact) mass is 259 g/mol. The lowest BCUT2D eigenvalue weighted by Crippen LogP contribution is -2.40. The number of benzene rings is 1. The fraction of sp³-hybridized carbons (Fsp3) is 0.562. The molecular formula is C16H25N3. The molecule has 0 aromatic heterocycles. The minimum atomic E-state index is 0.274. The molecule has 3 atom stereocenters. The summed E-state index contributed by atoms with van der Waals surface area (Å²) in [6, 6.07) is 11.4. The van der Waals surface area contributed by atoms with E-state index in [0.717, 1.165) is 11.9 Å². The third-order valence-electron chi connectivity index (χ3n) is 3.78. The van der Waals surface area contributed by atoms with E-state index < -0.39 is 0 Å². The predicted molar refractivity (Wildman–Crippen MR) is 81.3 cm³/mol. The van der Waals surface area contributed by atoms with Crippen molar-refractivity contribution >= 4 is 5.96 Å². The molecule has 0 saturated heterocycles. The van der Waals surface area contributed by atoms with Gasteiger partial charge in [0.1, 0.15) is 0 Å². The third kappa shape index (κ3) is 3.98. The maximum atomic E-state index is 4.32. The van der Waals surface area contributed by atoms with Gasteiger partial charge < -0.3 is 10.6 Å². The molecule has 0 heterocycles. The summed E-state index contributed by atoms with van der Waals surface area (Å²) in [5.41, 5.74) is 1.28. The molecule has 0 bridgehead atoms. The summed E-state index contributed by atoms with van der Waals surface area (Å²) in [6.07, 6.45) is 3.88. The second-order valence-electron chi connectivity index (χ2n) is 5.38. The zero-order valence-corrected chi connectivity index (χ0v) is 12.2. The summed E-state index contributed by atoms with van der Waals surface area (Å²) >= 11 is 0. The highest BCUT2D eigenvalue weighted by atomic mass is 15.2. The molecular weight excluding hydrogens is 234 g/mol. The Morgan fingerprint density at radius 1 is 1.37 bits per heavy atom. The highest BCUT2D eigenvalue weighted by Crippen LogP contribution is 2.34. The van der Waals surface area contributed by atoms with Crippen molar-refractivity contribution in [2.45, 2.75) is 45.2 Å². The van der Waals surface area contributed by atoms with Gasteiger partial charge in [0.05, 0.1) is 6.04 Å². The van der Waals surface area contributed by atoms with E-state index in [-0.39, 0.29) is 6.04 Å². The molecule has 1 aromatic rings. The molecule has 1 aromatic carbocycles. The minimum absolute atomic E-state index is 0.274. The Kier molecular flexibility index (Phi) is 4.83. The SMILES string of the molecule is CCCC1CC1NC(=NC)NC(C)c1ccccc1. The zero-order valence-electron chi connectivity index (χ0n) is 12.2. The average molecular weight is 259 g/mol. The van der Waals surface area contributed by atoms with Crippen molar-refractivity contribution in [1.82, 2.24) is 10.6 Å². The first kappa shape index (κ1) is 13.9. The van der Waals surface area contributed by atoms with Gasteiger partial charge in [-0.2, -0.15) is 0 Å². The van der Waals surface area contributed by atoms with Crippen LogP contribution in [-0.2, 0) is 0 Å². The van der Waals surface area contributed by atoms with E-state index in [4.69, 9.17) is 0 Å². The summed E-state index contributed by atoms with van der Waals surface area (Å²) < 4.78 is 0. The Bertz CT molecular complexity index is 413. The van der Waals surface area contributed by atoms with Crippen molar-refractivity contribution in [1.29, 1.82) is 0 Å². The van der Waals surface area contributed by atoms with Gasteiger partial charge in [0.2, 0.25) is 0 Å². The van der Waals surface area contributed by atoms with Gasteiger partial charge in [-0.3, -0.25) is 4.99 Å². The Labute approximate surface area is 116 Å². The van der Waals surface area contributed by atoms with Crippen molar-refractivity contribution in [2.75, 3.05) is 7.05 Å². The number of hydrogen-bond acceptors (Lipinski definition) is 1. The second-order valence-corrected chi connectivity index (χ2v) is 5.38. The van der Waals surface area contributed by atoms with Crippen molar-refractivity contribution in [3.05, 3.63) is 35.9 Å². The molecule has 1 fully saturated rings. The van der Waals surface area contributed by atoms with Crippen molar-refractivity contribution in [3.8, 4) is 0 Å². The minimum Gasteiger partial charge on any atom is -0.353 e. The third-order valence-corrected chi connectivity index (χ3v) is 3.78. The van der Waals surface area contributed by atoms with E-state index in [0.29, 0.717) is 6.04 Å². The second kappa shape index (κ2) is 6.60. The zero-order chi connectivity index (χ0) is 13.7. The molecule has 3 unspecified atom stereocenters. The lowest BCUT2D eigenvalue weighted by atomic mass is 10.1. The van der Waals surface area contributed by atoms with Crippen molar-refractivity contribution in [3.63, 3.8) is 0 Å². The van der Waals surface area contributed by atoms with Gasteiger partial charge in [-0.1, -0.05) is 43.7 Å². The maximum absolute atomic E-state index is 4.32. The van der Waals surface area contributed by atoms with Crippen LogP contribution < -0.4 is 10.6 Å². The Balaban J connectivity index is 1.83. The first-order valence-electron chi connectivity index (χ1n) is 7.29.